The number of benzene rings is 1. The minimum absolute atomic E-state index is 0.0222. The number of hydrogen-bond acceptors (Lipinski definition) is 5. The van der Waals surface area contributed by atoms with Crippen molar-refractivity contribution in [2.45, 2.75) is 13.0 Å². The van der Waals surface area contributed by atoms with Gasteiger partial charge >= 0.3 is 0 Å². The summed E-state index contributed by atoms with van der Waals surface area (Å²) in [6, 6.07) is 14.0. The predicted molar refractivity (Wildman–Crippen MR) is 102 cm³/mol. The van der Waals surface area contributed by atoms with E-state index in [4.69, 9.17) is 4.74 Å². The number of nitrogens with zero attached hydrogens (tertiary/aromatic N) is 2. The average Bonchev–Trinajstić information content (AvgIpc) is 3.09. The Morgan fingerprint density at radius 1 is 1.22 bits per heavy atom. The van der Waals surface area contributed by atoms with Crippen LogP contribution in [-0.4, -0.2) is 42.3 Å². The number of ether oxygens (including phenoxy) is 1. The minimum Gasteiger partial charge on any atom is -0.481 e. The van der Waals surface area contributed by atoms with Gasteiger partial charge in [0.2, 0.25) is 10.0 Å². The van der Waals surface area contributed by atoms with Crippen LogP contribution in [0.1, 0.15) is 6.92 Å². The quantitative estimate of drug-likeness (QED) is 0.611. The van der Waals surface area contributed by atoms with Crippen LogP contribution in [0.5, 0.6) is 5.75 Å². The Morgan fingerprint density at radius 3 is 2.78 bits per heavy atom. The average molecular weight is 388 g/mol. The molecule has 3 rings (SSSR count). The predicted octanol–water partition coefficient (Wildman–Crippen LogP) is 1.66. The van der Waals surface area contributed by atoms with Crippen LogP contribution >= 0.6 is 0 Å². The van der Waals surface area contributed by atoms with Gasteiger partial charge in [0.1, 0.15) is 5.75 Å². The van der Waals surface area contributed by atoms with E-state index in [1.807, 2.05) is 6.07 Å². The summed E-state index contributed by atoms with van der Waals surface area (Å²) >= 11 is 0. The van der Waals surface area contributed by atoms with Crippen molar-refractivity contribution >= 4 is 27.1 Å². The van der Waals surface area contributed by atoms with Crippen LogP contribution in [0.4, 0.5) is 5.69 Å². The van der Waals surface area contributed by atoms with Crippen LogP contribution in [0.2, 0.25) is 0 Å². The molecular formula is C18H20N4O4S. The maximum Gasteiger partial charge on any atom is 0.260 e. The molecule has 0 aliphatic rings. The summed E-state index contributed by atoms with van der Waals surface area (Å²) in [5.74, 6) is -0.0549. The summed E-state index contributed by atoms with van der Waals surface area (Å²) in [4.78, 5) is 12.0. The molecule has 27 heavy (non-hydrogen) atoms. The largest absolute Gasteiger partial charge is 0.481 e. The van der Waals surface area contributed by atoms with Gasteiger partial charge in [0, 0.05) is 18.9 Å². The molecule has 0 aliphatic heterocycles. The van der Waals surface area contributed by atoms with Crippen LogP contribution in [0.15, 0.2) is 60.9 Å². The molecule has 8 nitrogen and oxygen atoms in total. The minimum atomic E-state index is -3.60. The molecule has 0 bridgehead atoms. The second-order valence-electron chi connectivity index (χ2n) is 5.90. The van der Waals surface area contributed by atoms with Gasteiger partial charge in [-0.15, -0.1) is 0 Å². The molecule has 1 atom stereocenters. The number of hydrogen-bond donors (Lipinski definition) is 2. The van der Waals surface area contributed by atoms with E-state index in [2.05, 4.69) is 15.1 Å². The standard InChI is InChI=1S/C18H20N4O4S/c1-14(26-17-5-3-2-4-6-17)18(23)19-10-12-27(24,25)21-15-8-11-22-16(13-15)7-9-20-22/h2-9,11,13-14,21H,10,12H2,1H3,(H,19,23). The van der Waals surface area contributed by atoms with Gasteiger partial charge in [-0.25, -0.2) is 12.9 Å². The zero-order valence-corrected chi connectivity index (χ0v) is 15.5. The Hall–Kier alpha value is -3.07. The molecule has 1 amide bonds. The van der Waals surface area contributed by atoms with Crippen LogP contribution < -0.4 is 14.8 Å². The third-order valence-electron chi connectivity index (χ3n) is 3.77. The number of sulfonamides is 1. The molecule has 1 aromatic carbocycles. The van der Waals surface area contributed by atoms with Crippen molar-refractivity contribution in [2.75, 3.05) is 17.0 Å². The third-order valence-corrected chi connectivity index (χ3v) is 5.06. The summed E-state index contributed by atoms with van der Waals surface area (Å²) in [6.07, 6.45) is 2.56. The number of para-hydroxylation sites is 1. The second-order valence-corrected chi connectivity index (χ2v) is 7.74. The number of fused-ring (bicyclic) bond motifs is 1. The van der Waals surface area contributed by atoms with Gasteiger partial charge in [-0.2, -0.15) is 5.10 Å². The Kier molecular flexibility index (Phi) is 5.60. The summed E-state index contributed by atoms with van der Waals surface area (Å²) in [6.45, 7) is 1.58. The maximum atomic E-state index is 12.2. The Balaban J connectivity index is 1.48. The number of nitrogens with one attached hydrogen (secondary N) is 2. The molecule has 0 radical (unpaired) electrons. The fourth-order valence-corrected chi connectivity index (χ4v) is 3.38. The molecule has 0 fully saturated rings. The molecular weight excluding hydrogens is 368 g/mol. The first kappa shape index (κ1) is 18.7. The lowest BCUT2D eigenvalue weighted by molar-refractivity contribution is -0.127. The first-order valence-electron chi connectivity index (χ1n) is 8.36. The van der Waals surface area contributed by atoms with Crippen molar-refractivity contribution < 1.29 is 17.9 Å². The molecule has 142 valence electrons. The highest BCUT2D eigenvalue weighted by Gasteiger charge is 2.16. The van der Waals surface area contributed by atoms with Gasteiger partial charge in [-0.1, -0.05) is 18.2 Å². The van der Waals surface area contributed by atoms with E-state index in [0.29, 0.717) is 11.4 Å². The lowest BCUT2D eigenvalue weighted by Gasteiger charge is -2.15. The second kappa shape index (κ2) is 8.09. The normalized spacial score (nSPS) is 12.5. The summed E-state index contributed by atoms with van der Waals surface area (Å²) in [5, 5.41) is 6.62. The van der Waals surface area contributed by atoms with E-state index in [9.17, 15) is 13.2 Å². The SMILES string of the molecule is CC(Oc1ccccc1)C(=O)NCCS(=O)(=O)Nc1ccn2nccc2c1. The lowest BCUT2D eigenvalue weighted by atomic mass is 10.3. The van der Waals surface area contributed by atoms with Crippen molar-refractivity contribution in [1.29, 1.82) is 0 Å². The third kappa shape index (κ3) is 5.20. The van der Waals surface area contributed by atoms with Crippen molar-refractivity contribution in [3.8, 4) is 5.75 Å². The first-order chi connectivity index (χ1) is 12.9. The zero-order chi connectivity index (χ0) is 19.3. The lowest BCUT2D eigenvalue weighted by Crippen LogP contribution is -2.39. The molecule has 0 aliphatic carbocycles. The number of carbonyl (C=O) groups is 1. The highest BCUT2D eigenvalue weighted by Crippen LogP contribution is 2.13. The van der Waals surface area contributed by atoms with E-state index < -0.39 is 16.1 Å². The molecule has 1 unspecified atom stereocenters. The summed E-state index contributed by atoms with van der Waals surface area (Å²) in [7, 11) is -3.60. The van der Waals surface area contributed by atoms with Gasteiger partial charge in [0.05, 0.1) is 17.0 Å². The molecule has 0 saturated heterocycles. The fraction of sp³-hybridized carbons (Fsp3) is 0.222. The van der Waals surface area contributed by atoms with Gasteiger partial charge in [-0.3, -0.25) is 9.52 Å². The molecule has 0 spiro atoms. The van der Waals surface area contributed by atoms with E-state index in [1.54, 1.807) is 66.3 Å². The van der Waals surface area contributed by atoms with Crippen molar-refractivity contribution in [1.82, 2.24) is 14.9 Å². The highest BCUT2D eigenvalue weighted by molar-refractivity contribution is 7.92. The van der Waals surface area contributed by atoms with E-state index in [-0.39, 0.29) is 18.2 Å². The maximum absolute atomic E-state index is 12.2. The molecule has 2 N–H and O–H groups in total. The summed E-state index contributed by atoms with van der Waals surface area (Å²) in [5.41, 5.74) is 1.21. The van der Waals surface area contributed by atoms with Gasteiger partial charge in [0.25, 0.3) is 5.91 Å². The van der Waals surface area contributed by atoms with Crippen LogP contribution in [0.25, 0.3) is 5.52 Å². The molecule has 2 heterocycles. The van der Waals surface area contributed by atoms with Crippen molar-refractivity contribution in [2.24, 2.45) is 0 Å². The summed E-state index contributed by atoms with van der Waals surface area (Å²) < 4.78 is 34.0. The van der Waals surface area contributed by atoms with Crippen molar-refractivity contribution in [3.63, 3.8) is 0 Å². The number of carbonyl (C=O) groups excluding carboxylic acids is 1. The fourth-order valence-electron chi connectivity index (χ4n) is 2.42. The van der Waals surface area contributed by atoms with Crippen LogP contribution in [0, 0.1) is 0 Å². The number of pyridine rings is 1. The Bertz CT molecular complexity index is 1020. The number of anilines is 1. The van der Waals surface area contributed by atoms with E-state index in [1.165, 1.54) is 0 Å². The molecule has 3 aromatic rings. The van der Waals surface area contributed by atoms with Gasteiger partial charge < -0.3 is 10.1 Å². The molecule has 0 saturated carbocycles. The van der Waals surface area contributed by atoms with Crippen molar-refractivity contribution in [3.05, 3.63) is 60.9 Å². The van der Waals surface area contributed by atoms with Gasteiger partial charge in [-0.05, 0) is 37.3 Å². The van der Waals surface area contributed by atoms with E-state index in [0.717, 1.165) is 5.52 Å². The topological polar surface area (TPSA) is 102 Å². The number of aromatic nitrogens is 2. The van der Waals surface area contributed by atoms with Crippen LogP contribution in [0.3, 0.4) is 0 Å². The van der Waals surface area contributed by atoms with E-state index >= 15 is 0 Å². The Labute approximate surface area is 157 Å². The van der Waals surface area contributed by atoms with Crippen LogP contribution in [-0.2, 0) is 14.8 Å². The highest BCUT2D eigenvalue weighted by atomic mass is 32.2. The number of amides is 1. The Morgan fingerprint density at radius 2 is 2.00 bits per heavy atom. The first-order valence-corrected chi connectivity index (χ1v) is 10.0. The smallest absolute Gasteiger partial charge is 0.260 e. The monoisotopic (exact) mass is 388 g/mol. The number of rotatable bonds is 8. The zero-order valence-electron chi connectivity index (χ0n) is 14.7. The van der Waals surface area contributed by atoms with Gasteiger partial charge in [0.15, 0.2) is 6.10 Å². The molecule has 9 heteroatoms. The molecule has 2 aromatic heterocycles.